The highest BCUT2D eigenvalue weighted by molar-refractivity contribution is 5.33. The summed E-state index contributed by atoms with van der Waals surface area (Å²) >= 11 is 0. The van der Waals surface area contributed by atoms with E-state index in [2.05, 4.69) is 0 Å². The molecule has 72 valence electrons. The highest BCUT2D eigenvalue weighted by atomic mass is 19.1. The molecule has 0 amide bonds. The van der Waals surface area contributed by atoms with Gasteiger partial charge in [0.1, 0.15) is 5.82 Å². The first-order valence-electron chi connectivity index (χ1n) is 4.35. The first-order chi connectivity index (χ1) is 5.96. The van der Waals surface area contributed by atoms with Gasteiger partial charge in [0.15, 0.2) is 0 Å². The second-order valence-electron chi connectivity index (χ2n) is 4.18. The number of halogens is 1. The standard InChI is InChI=1S/C11H15FO/c1-11(2,3)10-8(7-13)5-4-6-9(10)12/h4-6,13H,7H2,1-3H3. The van der Waals surface area contributed by atoms with E-state index < -0.39 is 0 Å². The van der Waals surface area contributed by atoms with Crippen LogP contribution < -0.4 is 0 Å². The monoisotopic (exact) mass is 182 g/mol. The van der Waals surface area contributed by atoms with Crippen LogP contribution in [-0.4, -0.2) is 5.11 Å². The average Bonchev–Trinajstić information content (AvgIpc) is 2.01. The lowest BCUT2D eigenvalue weighted by Crippen LogP contribution is -2.16. The number of benzene rings is 1. The van der Waals surface area contributed by atoms with E-state index in [1.54, 1.807) is 12.1 Å². The third-order valence-electron chi connectivity index (χ3n) is 2.02. The Morgan fingerprint density at radius 3 is 2.31 bits per heavy atom. The summed E-state index contributed by atoms with van der Waals surface area (Å²) in [6.07, 6.45) is 0. The zero-order valence-corrected chi connectivity index (χ0v) is 8.26. The van der Waals surface area contributed by atoms with Gasteiger partial charge in [0.05, 0.1) is 6.61 Å². The molecule has 0 aliphatic carbocycles. The van der Waals surface area contributed by atoms with Crippen LogP contribution >= 0.6 is 0 Å². The number of hydrogen-bond donors (Lipinski definition) is 1. The van der Waals surface area contributed by atoms with Gasteiger partial charge in [0, 0.05) is 0 Å². The molecule has 1 aromatic rings. The lowest BCUT2D eigenvalue weighted by Gasteiger charge is -2.22. The van der Waals surface area contributed by atoms with Crippen molar-refractivity contribution in [3.05, 3.63) is 35.1 Å². The van der Waals surface area contributed by atoms with Gasteiger partial charge < -0.3 is 5.11 Å². The van der Waals surface area contributed by atoms with Crippen LogP contribution in [0.25, 0.3) is 0 Å². The van der Waals surface area contributed by atoms with Crippen molar-refractivity contribution in [1.29, 1.82) is 0 Å². The second-order valence-corrected chi connectivity index (χ2v) is 4.18. The maximum Gasteiger partial charge on any atom is 0.127 e. The summed E-state index contributed by atoms with van der Waals surface area (Å²) in [6.45, 7) is 5.70. The SMILES string of the molecule is CC(C)(C)c1c(F)cccc1CO. The molecule has 0 aliphatic heterocycles. The molecule has 0 saturated carbocycles. The Hall–Kier alpha value is -0.890. The normalized spacial score (nSPS) is 11.8. The minimum absolute atomic E-state index is 0.107. The Kier molecular flexibility index (Phi) is 2.71. The third kappa shape index (κ3) is 2.07. The lowest BCUT2D eigenvalue weighted by atomic mass is 9.83. The van der Waals surface area contributed by atoms with Crippen LogP contribution in [0.4, 0.5) is 4.39 Å². The highest BCUT2D eigenvalue weighted by Crippen LogP contribution is 2.28. The minimum atomic E-state index is -0.261. The molecular formula is C11H15FO. The molecular weight excluding hydrogens is 167 g/mol. The maximum atomic E-state index is 13.4. The molecule has 0 spiro atoms. The van der Waals surface area contributed by atoms with Crippen molar-refractivity contribution in [3.63, 3.8) is 0 Å². The van der Waals surface area contributed by atoms with Gasteiger partial charge in [-0.1, -0.05) is 32.9 Å². The van der Waals surface area contributed by atoms with Crippen molar-refractivity contribution in [2.24, 2.45) is 0 Å². The third-order valence-corrected chi connectivity index (χ3v) is 2.02. The number of aliphatic hydroxyl groups is 1. The minimum Gasteiger partial charge on any atom is -0.392 e. The molecule has 1 N–H and O–H groups in total. The Morgan fingerprint density at radius 2 is 1.92 bits per heavy atom. The van der Waals surface area contributed by atoms with Gasteiger partial charge in [-0.3, -0.25) is 0 Å². The second kappa shape index (κ2) is 3.46. The number of hydrogen-bond acceptors (Lipinski definition) is 1. The summed E-state index contributed by atoms with van der Waals surface area (Å²) in [4.78, 5) is 0. The van der Waals surface area contributed by atoms with Gasteiger partial charge in [-0.05, 0) is 22.6 Å². The van der Waals surface area contributed by atoms with Crippen LogP contribution in [-0.2, 0) is 12.0 Å². The zero-order chi connectivity index (χ0) is 10.1. The molecule has 1 rings (SSSR count). The van der Waals surface area contributed by atoms with E-state index in [1.807, 2.05) is 20.8 Å². The van der Waals surface area contributed by atoms with Gasteiger partial charge in [0.25, 0.3) is 0 Å². The van der Waals surface area contributed by atoms with Crippen molar-refractivity contribution < 1.29 is 9.50 Å². The Morgan fingerprint density at radius 1 is 1.31 bits per heavy atom. The molecule has 0 fully saturated rings. The predicted octanol–water partition coefficient (Wildman–Crippen LogP) is 2.62. The maximum absolute atomic E-state index is 13.4. The summed E-state index contributed by atoms with van der Waals surface area (Å²) in [5.41, 5.74) is 1.02. The molecule has 1 aromatic carbocycles. The number of rotatable bonds is 1. The Bertz CT molecular complexity index is 299. The summed E-state index contributed by atoms with van der Waals surface area (Å²) in [5, 5.41) is 9.04. The summed E-state index contributed by atoms with van der Waals surface area (Å²) in [7, 11) is 0. The van der Waals surface area contributed by atoms with E-state index >= 15 is 0 Å². The molecule has 0 aliphatic rings. The van der Waals surface area contributed by atoms with Gasteiger partial charge in [-0.25, -0.2) is 4.39 Å². The fraction of sp³-hybridized carbons (Fsp3) is 0.455. The van der Waals surface area contributed by atoms with Crippen molar-refractivity contribution in [2.75, 3.05) is 0 Å². The molecule has 0 aromatic heterocycles. The molecule has 0 bridgehead atoms. The van der Waals surface area contributed by atoms with E-state index in [1.165, 1.54) is 6.07 Å². The van der Waals surface area contributed by atoms with Gasteiger partial charge >= 0.3 is 0 Å². The summed E-state index contributed by atoms with van der Waals surface area (Å²) < 4.78 is 13.4. The molecule has 0 unspecified atom stereocenters. The quantitative estimate of drug-likeness (QED) is 0.707. The molecule has 13 heavy (non-hydrogen) atoms. The molecule has 2 heteroatoms. The van der Waals surface area contributed by atoms with E-state index in [0.29, 0.717) is 11.1 Å². The van der Waals surface area contributed by atoms with Crippen molar-refractivity contribution in [3.8, 4) is 0 Å². The molecule has 0 atom stereocenters. The van der Waals surface area contributed by atoms with Gasteiger partial charge in [0.2, 0.25) is 0 Å². The Labute approximate surface area is 78.2 Å². The van der Waals surface area contributed by atoms with Crippen LogP contribution in [0.15, 0.2) is 18.2 Å². The van der Waals surface area contributed by atoms with Gasteiger partial charge in [-0.2, -0.15) is 0 Å². The van der Waals surface area contributed by atoms with Crippen molar-refractivity contribution in [2.45, 2.75) is 32.8 Å². The highest BCUT2D eigenvalue weighted by Gasteiger charge is 2.21. The van der Waals surface area contributed by atoms with Crippen LogP contribution in [0.1, 0.15) is 31.9 Å². The number of aliphatic hydroxyl groups excluding tert-OH is 1. The molecule has 0 saturated heterocycles. The summed E-state index contributed by atoms with van der Waals surface area (Å²) in [6, 6.07) is 4.81. The molecule has 0 heterocycles. The first-order valence-corrected chi connectivity index (χ1v) is 4.35. The van der Waals surface area contributed by atoms with Crippen molar-refractivity contribution >= 4 is 0 Å². The fourth-order valence-electron chi connectivity index (χ4n) is 1.54. The Balaban J connectivity index is 3.32. The smallest absolute Gasteiger partial charge is 0.127 e. The predicted molar refractivity (Wildman–Crippen MR) is 51.0 cm³/mol. The largest absolute Gasteiger partial charge is 0.392 e. The molecule has 1 nitrogen and oxygen atoms in total. The van der Waals surface area contributed by atoms with Crippen LogP contribution in [0.3, 0.4) is 0 Å². The summed E-state index contributed by atoms with van der Waals surface area (Å²) in [5.74, 6) is -0.237. The van der Waals surface area contributed by atoms with Crippen molar-refractivity contribution in [1.82, 2.24) is 0 Å². The van der Waals surface area contributed by atoms with E-state index in [0.717, 1.165) is 0 Å². The lowest BCUT2D eigenvalue weighted by molar-refractivity contribution is 0.277. The topological polar surface area (TPSA) is 20.2 Å². The van der Waals surface area contributed by atoms with E-state index in [4.69, 9.17) is 5.11 Å². The van der Waals surface area contributed by atoms with E-state index in [-0.39, 0.29) is 17.8 Å². The van der Waals surface area contributed by atoms with Crippen LogP contribution in [0, 0.1) is 5.82 Å². The van der Waals surface area contributed by atoms with E-state index in [9.17, 15) is 4.39 Å². The first kappa shape index (κ1) is 10.2. The van der Waals surface area contributed by atoms with Crippen LogP contribution in [0.2, 0.25) is 0 Å². The molecule has 0 radical (unpaired) electrons. The zero-order valence-electron chi connectivity index (χ0n) is 8.26. The average molecular weight is 182 g/mol. The van der Waals surface area contributed by atoms with Gasteiger partial charge in [-0.15, -0.1) is 0 Å². The van der Waals surface area contributed by atoms with Crippen LogP contribution in [0.5, 0.6) is 0 Å². The fourth-order valence-corrected chi connectivity index (χ4v) is 1.54.